The lowest BCUT2D eigenvalue weighted by atomic mass is 9.99. The Labute approximate surface area is 167 Å². The SMILES string of the molecule is CCC(C)C(N)C(=O)Nc1ccc(C(=O)N2CCCCC2C)c(Cl)c1.Cl. The van der Waals surface area contributed by atoms with Gasteiger partial charge in [0.05, 0.1) is 16.6 Å². The van der Waals surface area contributed by atoms with Crippen LogP contribution in [0.1, 0.15) is 56.8 Å². The third-order valence-corrected chi connectivity index (χ3v) is 5.40. The highest BCUT2D eigenvalue weighted by Gasteiger charge is 2.26. The van der Waals surface area contributed by atoms with Crippen LogP contribution in [0.3, 0.4) is 0 Å². The van der Waals surface area contributed by atoms with E-state index in [2.05, 4.69) is 12.2 Å². The predicted octanol–water partition coefficient (Wildman–Crippen LogP) is 4.09. The van der Waals surface area contributed by atoms with E-state index < -0.39 is 6.04 Å². The molecule has 0 radical (unpaired) electrons. The van der Waals surface area contributed by atoms with Crippen molar-refractivity contribution in [2.45, 2.75) is 58.5 Å². The number of hydrogen-bond acceptors (Lipinski definition) is 3. The van der Waals surface area contributed by atoms with E-state index in [4.69, 9.17) is 17.3 Å². The zero-order valence-electron chi connectivity index (χ0n) is 15.6. The van der Waals surface area contributed by atoms with E-state index in [1.807, 2.05) is 18.7 Å². The molecule has 0 bridgehead atoms. The number of benzene rings is 1. The highest BCUT2D eigenvalue weighted by atomic mass is 35.5. The first-order valence-electron chi connectivity index (χ1n) is 9.02. The summed E-state index contributed by atoms with van der Waals surface area (Å²) in [5, 5.41) is 3.12. The Kier molecular flexibility index (Phi) is 8.87. The zero-order valence-corrected chi connectivity index (χ0v) is 17.2. The van der Waals surface area contributed by atoms with Crippen LogP contribution < -0.4 is 11.1 Å². The lowest BCUT2D eigenvalue weighted by molar-refractivity contribution is -0.118. The second-order valence-electron chi connectivity index (χ2n) is 6.94. The largest absolute Gasteiger partial charge is 0.336 e. The van der Waals surface area contributed by atoms with Crippen molar-refractivity contribution in [3.05, 3.63) is 28.8 Å². The first-order chi connectivity index (χ1) is 11.8. The summed E-state index contributed by atoms with van der Waals surface area (Å²) in [5.74, 6) is -0.197. The molecular weight excluding hydrogens is 373 g/mol. The van der Waals surface area contributed by atoms with Crippen molar-refractivity contribution in [1.82, 2.24) is 4.90 Å². The quantitative estimate of drug-likeness (QED) is 0.779. The minimum absolute atomic E-state index is 0. The first-order valence-corrected chi connectivity index (χ1v) is 9.39. The maximum atomic E-state index is 12.7. The Hall–Kier alpha value is -1.30. The van der Waals surface area contributed by atoms with Gasteiger partial charge in [-0.15, -0.1) is 12.4 Å². The molecule has 1 aromatic carbocycles. The number of halogens is 2. The van der Waals surface area contributed by atoms with E-state index in [0.29, 0.717) is 16.3 Å². The lowest BCUT2D eigenvalue weighted by Crippen LogP contribution is -2.42. The van der Waals surface area contributed by atoms with Crippen LogP contribution in [0.4, 0.5) is 5.69 Å². The average Bonchev–Trinajstić information content (AvgIpc) is 2.60. The molecule has 0 spiro atoms. The van der Waals surface area contributed by atoms with Gasteiger partial charge in [-0.05, 0) is 50.3 Å². The molecular formula is C19H29Cl2N3O2. The number of nitrogens with one attached hydrogen (secondary N) is 1. The summed E-state index contributed by atoms with van der Waals surface area (Å²) in [6.07, 6.45) is 4.03. The Morgan fingerprint density at radius 2 is 2.08 bits per heavy atom. The van der Waals surface area contributed by atoms with E-state index in [9.17, 15) is 9.59 Å². The second-order valence-corrected chi connectivity index (χ2v) is 7.35. The van der Waals surface area contributed by atoms with Crippen molar-refractivity contribution < 1.29 is 9.59 Å². The number of carbonyl (C=O) groups is 2. The number of piperidine rings is 1. The van der Waals surface area contributed by atoms with E-state index >= 15 is 0 Å². The van der Waals surface area contributed by atoms with Crippen LogP contribution in [0.25, 0.3) is 0 Å². The Balaban J connectivity index is 0.00000338. The van der Waals surface area contributed by atoms with Crippen LogP contribution in [0, 0.1) is 5.92 Å². The van der Waals surface area contributed by atoms with E-state index in [1.54, 1.807) is 18.2 Å². The molecule has 0 aromatic heterocycles. The van der Waals surface area contributed by atoms with Crippen molar-refractivity contribution in [3.8, 4) is 0 Å². The van der Waals surface area contributed by atoms with Crippen molar-refractivity contribution in [2.24, 2.45) is 11.7 Å². The van der Waals surface area contributed by atoms with E-state index in [1.165, 1.54) is 0 Å². The normalized spacial score (nSPS) is 19.3. The van der Waals surface area contributed by atoms with Crippen molar-refractivity contribution in [3.63, 3.8) is 0 Å². The number of hydrogen-bond donors (Lipinski definition) is 2. The van der Waals surface area contributed by atoms with Gasteiger partial charge in [-0.3, -0.25) is 9.59 Å². The summed E-state index contributed by atoms with van der Waals surface area (Å²) in [4.78, 5) is 26.8. The van der Waals surface area contributed by atoms with Crippen LogP contribution in [0.15, 0.2) is 18.2 Å². The number of carbonyl (C=O) groups excluding carboxylic acids is 2. The minimum atomic E-state index is -0.570. The molecule has 1 aliphatic rings. The fraction of sp³-hybridized carbons (Fsp3) is 0.579. The summed E-state index contributed by atoms with van der Waals surface area (Å²) in [6.45, 7) is 6.77. The molecule has 2 rings (SSSR count). The molecule has 1 aromatic rings. The summed E-state index contributed by atoms with van der Waals surface area (Å²) in [5.41, 5.74) is 6.97. The summed E-state index contributed by atoms with van der Waals surface area (Å²) in [7, 11) is 0. The summed E-state index contributed by atoms with van der Waals surface area (Å²) in [6, 6.07) is 4.65. The van der Waals surface area contributed by atoms with Crippen LogP contribution in [-0.2, 0) is 4.79 Å². The molecule has 0 saturated carbocycles. The fourth-order valence-corrected chi connectivity index (χ4v) is 3.32. The molecule has 1 aliphatic heterocycles. The van der Waals surface area contributed by atoms with Gasteiger partial charge in [-0.2, -0.15) is 0 Å². The monoisotopic (exact) mass is 401 g/mol. The molecule has 0 aliphatic carbocycles. The van der Waals surface area contributed by atoms with Crippen LogP contribution in [-0.4, -0.2) is 35.3 Å². The highest BCUT2D eigenvalue weighted by Crippen LogP contribution is 2.26. The van der Waals surface area contributed by atoms with Gasteiger partial charge in [0, 0.05) is 18.3 Å². The predicted molar refractivity (Wildman–Crippen MR) is 109 cm³/mol. The van der Waals surface area contributed by atoms with Gasteiger partial charge in [-0.1, -0.05) is 31.9 Å². The first kappa shape index (κ1) is 22.7. The van der Waals surface area contributed by atoms with Gasteiger partial charge in [0.2, 0.25) is 5.91 Å². The smallest absolute Gasteiger partial charge is 0.255 e. The van der Waals surface area contributed by atoms with Gasteiger partial charge < -0.3 is 16.0 Å². The minimum Gasteiger partial charge on any atom is -0.336 e. The summed E-state index contributed by atoms with van der Waals surface area (Å²) >= 11 is 6.31. The Bertz CT molecular complexity index is 639. The van der Waals surface area contributed by atoms with Gasteiger partial charge in [-0.25, -0.2) is 0 Å². The number of amides is 2. The molecule has 3 N–H and O–H groups in total. The number of nitrogens with two attached hydrogens (primary N) is 1. The second kappa shape index (κ2) is 10.1. The molecule has 26 heavy (non-hydrogen) atoms. The topological polar surface area (TPSA) is 75.4 Å². The number of nitrogens with zero attached hydrogens (tertiary/aromatic N) is 1. The standard InChI is InChI=1S/C19H28ClN3O2.ClH/c1-4-12(2)17(21)18(24)22-14-8-9-15(16(20)11-14)19(25)23-10-6-5-7-13(23)3;/h8-9,11-13,17H,4-7,10,21H2,1-3H3,(H,22,24);1H. The van der Waals surface area contributed by atoms with Gasteiger partial charge >= 0.3 is 0 Å². The van der Waals surface area contributed by atoms with E-state index in [0.717, 1.165) is 32.2 Å². The molecule has 5 nitrogen and oxygen atoms in total. The van der Waals surface area contributed by atoms with E-state index in [-0.39, 0.29) is 36.2 Å². The molecule has 146 valence electrons. The Morgan fingerprint density at radius 3 is 2.65 bits per heavy atom. The third kappa shape index (κ3) is 5.35. The van der Waals surface area contributed by atoms with Crippen molar-refractivity contribution in [1.29, 1.82) is 0 Å². The molecule has 3 atom stereocenters. The van der Waals surface area contributed by atoms with Crippen molar-refractivity contribution >= 4 is 41.5 Å². The fourth-order valence-electron chi connectivity index (χ4n) is 3.06. The molecule has 1 saturated heterocycles. The molecule has 2 amide bonds. The maximum Gasteiger partial charge on any atom is 0.255 e. The van der Waals surface area contributed by atoms with Crippen LogP contribution >= 0.6 is 24.0 Å². The number of anilines is 1. The zero-order chi connectivity index (χ0) is 18.6. The van der Waals surface area contributed by atoms with Crippen LogP contribution in [0.5, 0.6) is 0 Å². The molecule has 3 unspecified atom stereocenters. The maximum absolute atomic E-state index is 12.7. The molecule has 1 fully saturated rings. The van der Waals surface area contributed by atoms with Gasteiger partial charge in [0.1, 0.15) is 0 Å². The number of likely N-dealkylation sites (tertiary alicyclic amines) is 1. The Morgan fingerprint density at radius 1 is 1.38 bits per heavy atom. The van der Waals surface area contributed by atoms with Crippen molar-refractivity contribution in [2.75, 3.05) is 11.9 Å². The lowest BCUT2D eigenvalue weighted by Gasteiger charge is -2.33. The highest BCUT2D eigenvalue weighted by molar-refractivity contribution is 6.34. The average molecular weight is 402 g/mol. The number of rotatable bonds is 5. The summed E-state index contributed by atoms with van der Waals surface area (Å²) < 4.78 is 0. The van der Waals surface area contributed by atoms with Gasteiger partial charge in [0.15, 0.2) is 0 Å². The third-order valence-electron chi connectivity index (χ3n) is 5.09. The van der Waals surface area contributed by atoms with Crippen LogP contribution in [0.2, 0.25) is 5.02 Å². The van der Waals surface area contributed by atoms with Gasteiger partial charge in [0.25, 0.3) is 5.91 Å². The molecule has 1 heterocycles. The molecule has 7 heteroatoms.